The molecule has 108 valence electrons. The van der Waals surface area contributed by atoms with Crippen molar-refractivity contribution in [3.05, 3.63) is 69.5 Å². The summed E-state index contributed by atoms with van der Waals surface area (Å²) in [5.74, 6) is -1.03. The quantitative estimate of drug-likeness (QED) is 0.621. The van der Waals surface area contributed by atoms with Crippen LogP contribution in [0.2, 0.25) is 0 Å². The maximum atomic E-state index is 10.9. The van der Waals surface area contributed by atoms with Crippen molar-refractivity contribution in [1.82, 2.24) is 10.3 Å². The summed E-state index contributed by atoms with van der Waals surface area (Å²) < 4.78 is 0. The van der Waals surface area contributed by atoms with Crippen molar-refractivity contribution in [2.45, 2.75) is 13.1 Å². The fourth-order valence-corrected chi connectivity index (χ4v) is 1.82. The van der Waals surface area contributed by atoms with Crippen LogP contribution in [0.15, 0.2) is 42.6 Å². The SMILES string of the molecule is O=C(O)c1ccc(CNCc2ccccc2[N+](=O)[O-])nc1. The second kappa shape index (κ2) is 6.58. The van der Waals surface area contributed by atoms with E-state index in [0.717, 1.165) is 0 Å². The largest absolute Gasteiger partial charge is 0.478 e. The Kier molecular flexibility index (Phi) is 4.57. The number of nitrogens with one attached hydrogen (secondary N) is 1. The minimum atomic E-state index is -1.03. The van der Waals surface area contributed by atoms with E-state index in [1.54, 1.807) is 24.3 Å². The molecule has 21 heavy (non-hydrogen) atoms. The maximum absolute atomic E-state index is 10.9. The van der Waals surface area contributed by atoms with Gasteiger partial charge in [0.05, 0.1) is 16.2 Å². The van der Waals surface area contributed by atoms with Crippen LogP contribution < -0.4 is 5.32 Å². The lowest BCUT2D eigenvalue weighted by atomic mass is 10.2. The van der Waals surface area contributed by atoms with Crippen LogP contribution in [0.4, 0.5) is 5.69 Å². The third-order valence-electron chi connectivity index (χ3n) is 2.88. The summed E-state index contributed by atoms with van der Waals surface area (Å²) in [6.45, 7) is 0.728. The van der Waals surface area contributed by atoms with Gasteiger partial charge in [-0.05, 0) is 12.1 Å². The monoisotopic (exact) mass is 287 g/mol. The topological polar surface area (TPSA) is 105 Å². The van der Waals surface area contributed by atoms with Gasteiger partial charge in [0.25, 0.3) is 5.69 Å². The number of pyridine rings is 1. The van der Waals surface area contributed by atoms with Gasteiger partial charge in [-0.25, -0.2) is 4.79 Å². The highest BCUT2D eigenvalue weighted by Gasteiger charge is 2.11. The minimum Gasteiger partial charge on any atom is -0.478 e. The van der Waals surface area contributed by atoms with Gasteiger partial charge in [0.1, 0.15) is 0 Å². The van der Waals surface area contributed by atoms with Gasteiger partial charge < -0.3 is 10.4 Å². The Balaban J connectivity index is 1.95. The second-order valence-electron chi connectivity index (χ2n) is 4.33. The first-order valence-electron chi connectivity index (χ1n) is 6.19. The number of carboxylic acids is 1. The van der Waals surface area contributed by atoms with Gasteiger partial charge in [0.15, 0.2) is 0 Å². The van der Waals surface area contributed by atoms with Gasteiger partial charge in [-0.1, -0.05) is 18.2 Å². The molecule has 0 unspecified atom stereocenters. The van der Waals surface area contributed by atoms with Crippen LogP contribution in [0.3, 0.4) is 0 Å². The summed E-state index contributed by atoms with van der Waals surface area (Å²) in [6.07, 6.45) is 1.28. The van der Waals surface area contributed by atoms with Crippen molar-refractivity contribution in [2.75, 3.05) is 0 Å². The number of hydrogen-bond acceptors (Lipinski definition) is 5. The first-order valence-corrected chi connectivity index (χ1v) is 6.19. The van der Waals surface area contributed by atoms with Crippen molar-refractivity contribution in [3.8, 4) is 0 Å². The zero-order chi connectivity index (χ0) is 15.2. The predicted molar refractivity (Wildman–Crippen MR) is 74.8 cm³/mol. The van der Waals surface area contributed by atoms with Crippen LogP contribution in [0.1, 0.15) is 21.6 Å². The van der Waals surface area contributed by atoms with Crippen LogP contribution in [-0.2, 0) is 13.1 Å². The van der Waals surface area contributed by atoms with E-state index in [0.29, 0.717) is 24.3 Å². The van der Waals surface area contributed by atoms with Gasteiger partial charge in [-0.15, -0.1) is 0 Å². The number of nitrogens with zero attached hydrogens (tertiary/aromatic N) is 2. The molecule has 0 aliphatic heterocycles. The molecule has 1 aromatic heterocycles. The molecule has 0 saturated heterocycles. The van der Waals surface area contributed by atoms with Crippen molar-refractivity contribution in [3.63, 3.8) is 0 Å². The van der Waals surface area contributed by atoms with E-state index < -0.39 is 10.9 Å². The zero-order valence-electron chi connectivity index (χ0n) is 11.0. The summed E-state index contributed by atoms with van der Waals surface area (Å²) in [5, 5.41) is 22.7. The molecule has 0 fully saturated rings. The van der Waals surface area contributed by atoms with E-state index in [4.69, 9.17) is 5.11 Å². The number of para-hydroxylation sites is 1. The van der Waals surface area contributed by atoms with Gasteiger partial charge in [0.2, 0.25) is 0 Å². The fraction of sp³-hybridized carbons (Fsp3) is 0.143. The van der Waals surface area contributed by atoms with E-state index in [-0.39, 0.29) is 11.3 Å². The minimum absolute atomic E-state index is 0.0687. The zero-order valence-corrected chi connectivity index (χ0v) is 11.0. The summed E-state index contributed by atoms with van der Waals surface area (Å²) >= 11 is 0. The van der Waals surface area contributed by atoms with Gasteiger partial charge in [-0.3, -0.25) is 15.1 Å². The van der Waals surface area contributed by atoms with Crippen molar-refractivity contribution in [2.24, 2.45) is 0 Å². The van der Waals surface area contributed by atoms with Crippen LogP contribution in [-0.4, -0.2) is 21.0 Å². The number of hydrogen-bond donors (Lipinski definition) is 2. The van der Waals surface area contributed by atoms with Crippen molar-refractivity contribution < 1.29 is 14.8 Å². The first kappa shape index (κ1) is 14.6. The molecule has 0 atom stereocenters. The van der Waals surface area contributed by atoms with E-state index in [9.17, 15) is 14.9 Å². The molecule has 2 N–H and O–H groups in total. The predicted octanol–water partition coefficient (Wildman–Crippen LogP) is 1.98. The number of nitro benzene ring substituents is 1. The van der Waals surface area contributed by atoms with Crippen LogP contribution >= 0.6 is 0 Å². The van der Waals surface area contributed by atoms with E-state index >= 15 is 0 Å². The number of rotatable bonds is 6. The first-order chi connectivity index (χ1) is 10.1. The lowest BCUT2D eigenvalue weighted by Gasteiger charge is -2.05. The van der Waals surface area contributed by atoms with Crippen LogP contribution in [0.25, 0.3) is 0 Å². The Morgan fingerprint density at radius 2 is 2.00 bits per heavy atom. The summed E-state index contributed by atoms with van der Waals surface area (Å²) in [4.78, 5) is 25.2. The number of nitro groups is 1. The Morgan fingerprint density at radius 3 is 2.62 bits per heavy atom. The average Bonchev–Trinajstić information content (AvgIpc) is 2.48. The molecule has 2 aromatic rings. The molecular formula is C14H13N3O4. The maximum Gasteiger partial charge on any atom is 0.337 e. The van der Waals surface area contributed by atoms with Gasteiger partial charge in [0, 0.05) is 30.9 Å². The molecule has 0 radical (unpaired) electrons. The van der Waals surface area contributed by atoms with Crippen molar-refractivity contribution in [1.29, 1.82) is 0 Å². The molecule has 0 aliphatic rings. The standard InChI is InChI=1S/C14H13N3O4/c18-14(19)11-5-6-12(16-8-11)9-15-7-10-3-1-2-4-13(10)17(20)21/h1-6,8,15H,7,9H2,(H,18,19). The molecule has 0 saturated carbocycles. The number of benzene rings is 1. The molecule has 0 bridgehead atoms. The van der Waals surface area contributed by atoms with E-state index in [1.807, 2.05) is 0 Å². The Labute approximate surface area is 120 Å². The highest BCUT2D eigenvalue weighted by molar-refractivity contribution is 5.87. The van der Waals surface area contributed by atoms with Crippen LogP contribution in [0.5, 0.6) is 0 Å². The second-order valence-corrected chi connectivity index (χ2v) is 4.33. The summed E-state index contributed by atoms with van der Waals surface area (Å²) in [6, 6.07) is 9.58. The Hall–Kier alpha value is -2.80. The molecule has 7 nitrogen and oxygen atoms in total. The third kappa shape index (κ3) is 3.83. The van der Waals surface area contributed by atoms with Gasteiger partial charge in [-0.2, -0.15) is 0 Å². The van der Waals surface area contributed by atoms with E-state index in [1.165, 1.54) is 18.3 Å². The lowest BCUT2D eigenvalue weighted by molar-refractivity contribution is -0.385. The number of carboxylic acid groups (broad SMARTS) is 1. The molecule has 1 aromatic carbocycles. The Morgan fingerprint density at radius 1 is 1.24 bits per heavy atom. The molecule has 0 amide bonds. The summed E-state index contributed by atoms with van der Waals surface area (Å²) in [7, 11) is 0. The average molecular weight is 287 g/mol. The Bertz CT molecular complexity index is 656. The highest BCUT2D eigenvalue weighted by atomic mass is 16.6. The molecular weight excluding hydrogens is 274 g/mol. The highest BCUT2D eigenvalue weighted by Crippen LogP contribution is 2.17. The van der Waals surface area contributed by atoms with Crippen LogP contribution in [0, 0.1) is 10.1 Å². The fourth-order valence-electron chi connectivity index (χ4n) is 1.82. The summed E-state index contributed by atoms with van der Waals surface area (Å²) in [5.41, 5.74) is 1.44. The molecule has 2 rings (SSSR count). The lowest BCUT2D eigenvalue weighted by Crippen LogP contribution is -2.15. The van der Waals surface area contributed by atoms with E-state index in [2.05, 4.69) is 10.3 Å². The van der Waals surface area contributed by atoms with Crippen molar-refractivity contribution >= 4 is 11.7 Å². The molecule has 1 heterocycles. The molecule has 0 spiro atoms. The third-order valence-corrected chi connectivity index (χ3v) is 2.88. The molecule has 0 aliphatic carbocycles. The van der Waals surface area contributed by atoms with Gasteiger partial charge >= 0.3 is 5.97 Å². The number of aromatic carboxylic acids is 1. The normalized spacial score (nSPS) is 10.3. The number of aromatic nitrogens is 1. The molecule has 7 heteroatoms. The number of carbonyl (C=O) groups is 1. The smallest absolute Gasteiger partial charge is 0.337 e.